The van der Waals surface area contributed by atoms with Gasteiger partial charge in [-0.1, -0.05) is 48.5 Å². The molecule has 1 unspecified atom stereocenters. The SMILES string of the molecule is O=C(NNC(=O)c1ncc(C(F)(F)F)cc1N1CCOCC1)NC1N=C(c2ccccc2)c2ccccc2NC1=O. The zero-order chi connectivity index (χ0) is 29.0. The summed E-state index contributed by atoms with van der Waals surface area (Å²) in [7, 11) is 0. The largest absolute Gasteiger partial charge is 0.417 e. The van der Waals surface area contributed by atoms with E-state index in [-0.39, 0.29) is 37.7 Å². The van der Waals surface area contributed by atoms with Crippen LogP contribution in [-0.4, -0.2) is 61.0 Å². The highest BCUT2D eigenvalue weighted by Crippen LogP contribution is 2.32. The third-order valence-corrected chi connectivity index (χ3v) is 6.31. The van der Waals surface area contributed by atoms with Crippen LogP contribution >= 0.6 is 0 Å². The van der Waals surface area contributed by atoms with Crippen molar-refractivity contribution in [1.29, 1.82) is 0 Å². The molecular weight excluding hydrogens is 543 g/mol. The highest BCUT2D eigenvalue weighted by Gasteiger charge is 2.34. The number of amides is 4. The summed E-state index contributed by atoms with van der Waals surface area (Å²) in [6.45, 7) is 1.02. The smallest absolute Gasteiger partial charge is 0.378 e. The first-order chi connectivity index (χ1) is 19.7. The fourth-order valence-corrected chi connectivity index (χ4v) is 4.34. The highest BCUT2D eigenvalue weighted by molar-refractivity contribution is 6.19. The number of carbonyl (C=O) groups is 3. The van der Waals surface area contributed by atoms with Gasteiger partial charge in [-0.25, -0.2) is 20.2 Å². The lowest BCUT2D eigenvalue weighted by Gasteiger charge is -2.30. The summed E-state index contributed by atoms with van der Waals surface area (Å²) in [6, 6.07) is 16.0. The lowest BCUT2D eigenvalue weighted by Crippen LogP contribution is -2.52. The van der Waals surface area contributed by atoms with Crippen molar-refractivity contribution in [2.45, 2.75) is 12.3 Å². The van der Waals surface area contributed by atoms with Crippen LogP contribution in [0.3, 0.4) is 0 Å². The van der Waals surface area contributed by atoms with Crippen molar-refractivity contribution in [3.8, 4) is 0 Å². The maximum atomic E-state index is 13.3. The molecule has 1 saturated heterocycles. The Morgan fingerprint density at radius 2 is 1.71 bits per heavy atom. The van der Waals surface area contributed by atoms with Gasteiger partial charge in [0, 0.05) is 30.4 Å². The number of nitrogens with zero attached hydrogens (tertiary/aromatic N) is 3. The summed E-state index contributed by atoms with van der Waals surface area (Å²) in [5.41, 5.74) is 5.16. The Morgan fingerprint density at radius 3 is 2.44 bits per heavy atom. The number of halogens is 3. The maximum absolute atomic E-state index is 13.3. The van der Waals surface area contributed by atoms with Crippen LogP contribution in [-0.2, 0) is 15.7 Å². The summed E-state index contributed by atoms with van der Waals surface area (Å²) in [4.78, 5) is 48.3. The van der Waals surface area contributed by atoms with E-state index in [2.05, 4.69) is 31.5 Å². The number of benzene rings is 2. The van der Waals surface area contributed by atoms with Crippen LogP contribution in [0.1, 0.15) is 27.2 Å². The second-order valence-electron chi connectivity index (χ2n) is 9.02. The molecule has 0 saturated carbocycles. The first-order valence-corrected chi connectivity index (χ1v) is 12.5. The van der Waals surface area contributed by atoms with E-state index in [0.29, 0.717) is 28.7 Å². The molecule has 1 atom stereocenters. The van der Waals surface area contributed by atoms with E-state index in [9.17, 15) is 27.6 Å². The van der Waals surface area contributed by atoms with Gasteiger partial charge in [0.2, 0.25) is 6.17 Å². The number of urea groups is 1. The number of nitrogens with one attached hydrogen (secondary N) is 4. The van der Waals surface area contributed by atoms with Crippen LogP contribution in [0.2, 0.25) is 0 Å². The van der Waals surface area contributed by atoms with Gasteiger partial charge in [-0.15, -0.1) is 0 Å². The molecule has 4 N–H and O–H groups in total. The van der Waals surface area contributed by atoms with Crippen LogP contribution in [0.15, 0.2) is 71.9 Å². The Balaban J connectivity index is 1.32. The van der Waals surface area contributed by atoms with E-state index in [1.807, 2.05) is 30.3 Å². The fraction of sp³-hybridized carbons (Fsp3) is 0.222. The van der Waals surface area contributed by atoms with Gasteiger partial charge in [0.05, 0.1) is 35.9 Å². The van der Waals surface area contributed by atoms with Crippen molar-refractivity contribution in [2.24, 2.45) is 4.99 Å². The number of morpholine rings is 1. The monoisotopic (exact) mass is 567 g/mol. The molecule has 3 heterocycles. The van der Waals surface area contributed by atoms with Gasteiger partial charge < -0.3 is 20.3 Å². The number of pyridine rings is 1. The van der Waals surface area contributed by atoms with Gasteiger partial charge in [0.25, 0.3) is 11.8 Å². The predicted octanol–water partition coefficient (Wildman–Crippen LogP) is 2.70. The molecule has 1 aromatic heterocycles. The molecule has 2 aromatic carbocycles. The van der Waals surface area contributed by atoms with Gasteiger partial charge in [-0.05, 0) is 12.1 Å². The van der Waals surface area contributed by atoms with Crippen LogP contribution in [0, 0.1) is 0 Å². The summed E-state index contributed by atoms with van der Waals surface area (Å²) in [5.74, 6) is -1.58. The fourth-order valence-electron chi connectivity index (χ4n) is 4.34. The molecular formula is C27H24F3N7O4. The second-order valence-corrected chi connectivity index (χ2v) is 9.02. The van der Waals surface area contributed by atoms with Gasteiger partial charge >= 0.3 is 12.2 Å². The highest BCUT2D eigenvalue weighted by atomic mass is 19.4. The molecule has 0 aliphatic carbocycles. The maximum Gasteiger partial charge on any atom is 0.417 e. The minimum Gasteiger partial charge on any atom is -0.378 e. The summed E-state index contributed by atoms with van der Waals surface area (Å²) >= 11 is 0. The number of anilines is 2. The molecule has 11 nitrogen and oxygen atoms in total. The molecule has 4 amide bonds. The Hall–Kier alpha value is -4.98. The Kier molecular flexibility index (Phi) is 7.83. The van der Waals surface area contributed by atoms with Crippen molar-refractivity contribution < 1.29 is 32.3 Å². The quantitative estimate of drug-likeness (QED) is 0.358. The summed E-state index contributed by atoms with van der Waals surface area (Å²) in [5, 5.41) is 5.13. The molecule has 5 rings (SSSR count). The number of benzodiazepines with no additional fused rings is 1. The minimum absolute atomic E-state index is 0.0548. The number of ether oxygens (including phenoxy) is 1. The topological polar surface area (TPSA) is 137 Å². The third-order valence-electron chi connectivity index (χ3n) is 6.31. The van der Waals surface area contributed by atoms with Crippen LogP contribution in [0.5, 0.6) is 0 Å². The number of carbonyl (C=O) groups excluding carboxylic acids is 3. The first kappa shape index (κ1) is 27.6. The number of rotatable bonds is 4. The molecule has 14 heteroatoms. The Morgan fingerprint density at radius 1 is 1.00 bits per heavy atom. The van der Waals surface area contributed by atoms with Crippen molar-refractivity contribution >= 4 is 34.9 Å². The second kappa shape index (κ2) is 11.6. The minimum atomic E-state index is -4.67. The van der Waals surface area contributed by atoms with Crippen molar-refractivity contribution in [3.05, 3.63) is 89.2 Å². The molecule has 0 spiro atoms. The van der Waals surface area contributed by atoms with Crippen LogP contribution in [0.4, 0.5) is 29.3 Å². The number of hydrogen-bond donors (Lipinski definition) is 4. The average molecular weight is 568 g/mol. The van der Waals surface area contributed by atoms with Gasteiger partial charge in [-0.2, -0.15) is 13.2 Å². The number of hydrazine groups is 1. The van der Waals surface area contributed by atoms with Crippen molar-refractivity contribution in [2.75, 3.05) is 36.5 Å². The summed E-state index contributed by atoms with van der Waals surface area (Å²) < 4.78 is 45.3. The van der Waals surface area contributed by atoms with Gasteiger partial charge in [0.15, 0.2) is 5.69 Å². The Labute approximate surface area is 231 Å². The zero-order valence-corrected chi connectivity index (χ0v) is 21.4. The van der Waals surface area contributed by atoms with E-state index < -0.39 is 35.8 Å². The van der Waals surface area contributed by atoms with Gasteiger partial charge in [-0.3, -0.25) is 15.0 Å². The number of aromatic nitrogens is 1. The third kappa shape index (κ3) is 6.27. The molecule has 2 aliphatic heterocycles. The number of para-hydroxylation sites is 1. The lowest BCUT2D eigenvalue weighted by atomic mass is 10.0. The van der Waals surface area contributed by atoms with E-state index in [1.165, 1.54) is 0 Å². The average Bonchev–Trinajstić information content (AvgIpc) is 3.12. The first-order valence-electron chi connectivity index (χ1n) is 12.5. The van der Waals surface area contributed by atoms with E-state index in [4.69, 9.17) is 4.74 Å². The predicted molar refractivity (Wildman–Crippen MR) is 142 cm³/mol. The number of alkyl halides is 3. The normalized spacial score (nSPS) is 17.0. The molecule has 1 fully saturated rings. The summed E-state index contributed by atoms with van der Waals surface area (Å²) in [6.07, 6.45) is -5.49. The number of fused-ring (bicyclic) bond motifs is 1. The number of hydrogen-bond acceptors (Lipinski definition) is 7. The van der Waals surface area contributed by atoms with Crippen LogP contribution < -0.4 is 26.4 Å². The molecule has 2 aliphatic rings. The van der Waals surface area contributed by atoms with E-state index >= 15 is 0 Å². The number of aliphatic imine (C=N–C) groups is 1. The zero-order valence-electron chi connectivity index (χ0n) is 21.4. The lowest BCUT2D eigenvalue weighted by molar-refractivity contribution is -0.137. The molecule has 0 radical (unpaired) electrons. The van der Waals surface area contributed by atoms with Crippen molar-refractivity contribution in [3.63, 3.8) is 0 Å². The Bertz CT molecular complexity index is 1490. The molecule has 41 heavy (non-hydrogen) atoms. The van der Waals surface area contributed by atoms with Crippen LogP contribution in [0.25, 0.3) is 0 Å². The van der Waals surface area contributed by atoms with E-state index in [1.54, 1.807) is 29.2 Å². The molecule has 212 valence electrons. The van der Waals surface area contributed by atoms with Gasteiger partial charge in [0.1, 0.15) is 0 Å². The molecule has 3 aromatic rings. The van der Waals surface area contributed by atoms with E-state index in [0.717, 1.165) is 6.07 Å². The standard InChI is InChI=1S/C27H24F3N7O4/c28-27(29,30)17-14-20(37-10-12-41-13-11-37)22(31-15-17)24(38)35-36-26(40)34-23-25(39)32-19-9-5-4-8-18(19)21(33-23)16-6-2-1-3-7-16/h1-9,14-15,23H,10-13H2,(H,32,39)(H,35,38)(H2,34,36,40). The van der Waals surface area contributed by atoms with Crippen molar-refractivity contribution in [1.82, 2.24) is 21.2 Å². The molecule has 0 bridgehead atoms.